The van der Waals surface area contributed by atoms with Gasteiger partial charge in [0.05, 0.1) is 5.60 Å². The standard InChI is InChI=1S/C25H31N3O4.C2H6/c1-15-5-6-18(29)12-20(15)24-7-8-26-16(2)25(24,32)13-17-11-19(22(30)27-21(17)14-24)23(31)28-9-3-4-10-28;1-2/h5-6,11-12,16,26,29,32H,3-4,7-10,13-14H2,1-2H3,(H,27,30);1-2H3. The molecule has 2 aliphatic heterocycles. The van der Waals surface area contributed by atoms with E-state index in [2.05, 4.69) is 10.3 Å². The molecule has 184 valence electrons. The Morgan fingerprint density at radius 2 is 1.85 bits per heavy atom. The monoisotopic (exact) mass is 467 g/mol. The molecule has 2 saturated heterocycles. The molecule has 2 fully saturated rings. The third-order valence-corrected chi connectivity index (χ3v) is 8.06. The number of carbonyl (C=O) groups excluding carboxylic acids is 1. The zero-order valence-electron chi connectivity index (χ0n) is 20.7. The number of phenolic OH excluding ortho intramolecular Hbond substituents is 1. The topological polar surface area (TPSA) is 106 Å². The van der Waals surface area contributed by atoms with Gasteiger partial charge in [0.15, 0.2) is 0 Å². The first-order valence-electron chi connectivity index (χ1n) is 12.6. The van der Waals surface area contributed by atoms with Crippen LogP contribution in [-0.2, 0) is 18.3 Å². The number of aromatic hydroxyl groups is 1. The first kappa shape index (κ1) is 24.5. The summed E-state index contributed by atoms with van der Waals surface area (Å²) in [7, 11) is 0. The number of hydrogen-bond acceptors (Lipinski definition) is 5. The van der Waals surface area contributed by atoms with E-state index in [1.807, 2.05) is 33.8 Å². The molecule has 3 heterocycles. The van der Waals surface area contributed by atoms with Gasteiger partial charge in [-0.05, 0) is 74.5 Å². The molecule has 7 heteroatoms. The molecule has 4 N–H and O–H groups in total. The van der Waals surface area contributed by atoms with Crippen LogP contribution in [0.4, 0.5) is 0 Å². The van der Waals surface area contributed by atoms with Crippen molar-refractivity contribution in [3.63, 3.8) is 0 Å². The van der Waals surface area contributed by atoms with Crippen LogP contribution in [0.5, 0.6) is 5.75 Å². The molecule has 7 nitrogen and oxygen atoms in total. The highest BCUT2D eigenvalue weighted by Gasteiger charge is 2.59. The summed E-state index contributed by atoms with van der Waals surface area (Å²) in [4.78, 5) is 30.6. The number of fused-ring (bicyclic) bond motifs is 2. The van der Waals surface area contributed by atoms with Crippen LogP contribution in [0.3, 0.4) is 0 Å². The second kappa shape index (κ2) is 9.19. The largest absolute Gasteiger partial charge is 0.508 e. The van der Waals surface area contributed by atoms with Crippen LogP contribution in [0.1, 0.15) is 72.8 Å². The number of carbonyl (C=O) groups is 1. The molecule has 1 aliphatic carbocycles. The van der Waals surface area contributed by atoms with Crippen LogP contribution >= 0.6 is 0 Å². The van der Waals surface area contributed by atoms with Gasteiger partial charge in [-0.2, -0.15) is 0 Å². The van der Waals surface area contributed by atoms with Crippen molar-refractivity contribution in [1.82, 2.24) is 15.2 Å². The average Bonchev–Trinajstić information content (AvgIpc) is 3.36. The molecule has 0 spiro atoms. The summed E-state index contributed by atoms with van der Waals surface area (Å²) in [5.41, 5.74) is 1.51. The van der Waals surface area contributed by atoms with Crippen molar-refractivity contribution in [2.24, 2.45) is 0 Å². The lowest BCUT2D eigenvalue weighted by atomic mass is 9.53. The van der Waals surface area contributed by atoms with Crippen LogP contribution in [0.2, 0.25) is 0 Å². The van der Waals surface area contributed by atoms with Gasteiger partial charge in [0.2, 0.25) is 0 Å². The zero-order valence-corrected chi connectivity index (χ0v) is 20.7. The van der Waals surface area contributed by atoms with Crippen molar-refractivity contribution in [3.05, 3.63) is 62.6 Å². The van der Waals surface area contributed by atoms with Gasteiger partial charge < -0.3 is 25.4 Å². The van der Waals surface area contributed by atoms with Crippen LogP contribution in [0, 0.1) is 6.92 Å². The Morgan fingerprint density at radius 1 is 1.15 bits per heavy atom. The SMILES string of the molecule is CC.Cc1ccc(O)cc1C12CCNC(C)C1(O)Cc1cc(C(=O)N3CCCC3)c(=O)[nH]c1C2. The maximum atomic E-state index is 13.0. The summed E-state index contributed by atoms with van der Waals surface area (Å²) in [6.07, 6.45) is 3.37. The van der Waals surface area contributed by atoms with Gasteiger partial charge >= 0.3 is 0 Å². The van der Waals surface area contributed by atoms with Crippen molar-refractivity contribution >= 4 is 5.91 Å². The van der Waals surface area contributed by atoms with Gasteiger partial charge in [-0.15, -0.1) is 0 Å². The number of aryl methyl sites for hydroxylation is 1. The maximum absolute atomic E-state index is 13.0. The van der Waals surface area contributed by atoms with Gasteiger partial charge in [-0.25, -0.2) is 0 Å². The number of aliphatic hydroxyl groups is 1. The van der Waals surface area contributed by atoms with E-state index in [4.69, 9.17) is 0 Å². The number of piperidine rings is 1. The number of phenols is 1. The summed E-state index contributed by atoms with van der Waals surface area (Å²) in [6, 6.07) is 6.80. The highest BCUT2D eigenvalue weighted by molar-refractivity contribution is 5.94. The zero-order chi connectivity index (χ0) is 24.7. The number of pyridine rings is 1. The van der Waals surface area contributed by atoms with Crippen molar-refractivity contribution < 1.29 is 15.0 Å². The Morgan fingerprint density at radius 3 is 2.56 bits per heavy atom. The lowest BCUT2D eigenvalue weighted by molar-refractivity contribution is -0.0944. The average molecular weight is 468 g/mol. The van der Waals surface area contributed by atoms with Crippen LogP contribution in [0.25, 0.3) is 0 Å². The number of aromatic nitrogens is 1. The smallest absolute Gasteiger partial charge is 0.261 e. The number of rotatable bonds is 2. The molecule has 0 bridgehead atoms. The van der Waals surface area contributed by atoms with Crippen molar-refractivity contribution in [3.8, 4) is 5.75 Å². The molecule has 3 aliphatic rings. The molecule has 1 aromatic carbocycles. The number of likely N-dealkylation sites (tertiary alicyclic amines) is 1. The lowest BCUT2D eigenvalue weighted by Gasteiger charge is -2.57. The second-order valence-corrected chi connectivity index (χ2v) is 9.80. The predicted octanol–water partition coefficient (Wildman–Crippen LogP) is 2.80. The van der Waals surface area contributed by atoms with Crippen molar-refractivity contribution in [2.75, 3.05) is 19.6 Å². The number of nitrogens with one attached hydrogen (secondary N) is 2. The maximum Gasteiger partial charge on any atom is 0.261 e. The highest BCUT2D eigenvalue weighted by Crippen LogP contribution is 2.51. The summed E-state index contributed by atoms with van der Waals surface area (Å²) in [5.74, 6) is -0.0617. The van der Waals surface area contributed by atoms with E-state index in [1.165, 1.54) is 0 Å². The summed E-state index contributed by atoms with van der Waals surface area (Å²) < 4.78 is 0. The molecule has 3 atom stereocenters. The van der Waals surface area contributed by atoms with Crippen molar-refractivity contribution in [1.29, 1.82) is 0 Å². The summed E-state index contributed by atoms with van der Waals surface area (Å²) in [6.45, 7) is 10.1. The molecule has 5 rings (SSSR count). The number of H-pyrrole nitrogens is 1. The van der Waals surface area contributed by atoms with E-state index in [9.17, 15) is 19.8 Å². The van der Waals surface area contributed by atoms with Crippen LogP contribution in [0.15, 0.2) is 29.1 Å². The molecule has 0 radical (unpaired) electrons. The fourth-order valence-corrected chi connectivity index (χ4v) is 6.22. The van der Waals surface area contributed by atoms with Crippen LogP contribution < -0.4 is 10.9 Å². The molecule has 1 aromatic heterocycles. The van der Waals surface area contributed by atoms with Gasteiger partial charge in [0, 0.05) is 43.1 Å². The Labute approximate surface area is 201 Å². The van der Waals surface area contributed by atoms with Crippen LogP contribution in [-0.4, -0.2) is 57.3 Å². The van der Waals surface area contributed by atoms with E-state index < -0.39 is 11.0 Å². The Kier molecular flexibility index (Phi) is 6.62. The van der Waals surface area contributed by atoms with E-state index in [1.54, 1.807) is 23.1 Å². The number of amides is 1. The molecular formula is C27H37N3O4. The Hall–Kier alpha value is -2.64. The molecule has 1 amide bonds. The predicted molar refractivity (Wildman–Crippen MR) is 133 cm³/mol. The molecule has 2 aromatic rings. The minimum absolute atomic E-state index is 0.159. The minimum Gasteiger partial charge on any atom is -0.508 e. The first-order chi connectivity index (χ1) is 16.2. The molecule has 0 saturated carbocycles. The quantitative estimate of drug-likeness (QED) is 0.544. The number of benzene rings is 1. The number of aromatic amines is 1. The van der Waals surface area contributed by atoms with Gasteiger partial charge in [0.25, 0.3) is 11.5 Å². The highest BCUT2D eigenvalue weighted by atomic mass is 16.3. The second-order valence-electron chi connectivity index (χ2n) is 9.80. The fraction of sp³-hybridized carbons (Fsp3) is 0.556. The van der Waals surface area contributed by atoms with Gasteiger partial charge in [-0.1, -0.05) is 19.9 Å². The normalized spacial score (nSPS) is 27.9. The van der Waals surface area contributed by atoms with E-state index in [-0.39, 0.29) is 28.8 Å². The van der Waals surface area contributed by atoms with E-state index in [0.717, 1.165) is 41.8 Å². The number of nitrogens with zero attached hydrogens (tertiary/aromatic N) is 1. The third kappa shape index (κ3) is 3.75. The van der Waals surface area contributed by atoms with E-state index in [0.29, 0.717) is 32.4 Å². The van der Waals surface area contributed by atoms with E-state index >= 15 is 0 Å². The third-order valence-electron chi connectivity index (χ3n) is 8.06. The lowest BCUT2D eigenvalue weighted by Crippen LogP contribution is -2.70. The number of hydrogen-bond donors (Lipinski definition) is 4. The first-order valence-corrected chi connectivity index (χ1v) is 12.6. The molecule has 3 unspecified atom stereocenters. The van der Waals surface area contributed by atoms with Gasteiger partial charge in [0.1, 0.15) is 11.3 Å². The molecule has 34 heavy (non-hydrogen) atoms. The fourth-order valence-electron chi connectivity index (χ4n) is 6.22. The molecular weight excluding hydrogens is 430 g/mol. The Bertz CT molecular complexity index is 1140. The minimum atomic E-state index is -1.14. The Balaban J connectivity index is 0.00000133. The summed E-state index contributed by atoms with van der Waals surface area (Å²) >= 11 is 0. The summed E-state index contributed by atoms with van der Waals surface area (Å²) in [5, 5.41) is 25.9. The van der Waals surface area contributed by atoms with Crippen molar-refractivity contribution in [2.45, 2.75) is 76.9 Å². The van der Waals surface area contributed by atoms with Gasteiger partial charge in [-0.3, -0.25) is 9.59 Å².